The molecule has 0 radical (unpaired) electrons. The number of hydrogen-bond donors (Lipinski definition) is 0. The normalized spacial score (nSPS) is 21.7. The number of likely N-dealkylation sites (tertiary alicyclic amines) is 1. The van der Waals surface area contributed by atoms with Gasteiger partial charge in [-0.1, -0.05) is 22.4 Å². The molecule has 2 saturated heterocycles. The monoisotopic (exact) mass is 354 g/mol. The van der Waals surface area contributed by atoms with Crippen LogP contribution in [0.5, 0.6) is 0 Å². The van der Waals surface area contributed by atoms with E-state index in [0.717, 1.165) is 24.7 Å². The molecule has 21 heavy (non-hydrogen) atoms. The molecule has 0 saturated carbocycles. The number of rotatable bonds is 3. The highest BCUT2D eigenvalue weighted by atomic mass is 79.9. The van der Waals surface area contributed by atoms with Gasteiger partial charge >= 0.3 is 0 Å². The Morgan fingerprint density at radius 2 is 1.76 bits per heavy atom. The molecule has 1 aromatic carbocycles. The Kier molecular flexibility index (Phi) is 5.17. The van der Waals surface area contributed by atoms with Crippen molar-refractivity contribution in [2.24, 2.45) is 0 Å². The summed E-state index contributed by atoms with van der Waals surface area (Å²) in [7, 11) is 0. The molecule has 0 aromatic heterocycles. The maximum Gasteiger partial charge on any atom is 0.123 e. The van der Waals surface area contributed by atoms with Crippen LogP contribution in [-0.2, 0) is 5.33 Å². The molecule has 0 bridgehead atoms. The van der Waals surface area contributed by atoms with E-state index in [-0.39, 0.29) is 5.82 Å². The van der Waals surface area contributed by atoms with Crippen molar-refractivity contribution < 1.29 is 4.39 Å². The van der Waals surface area contributed by atoms with Crippen molar-refractivity contribution in [3.05, 3.63) is 29.6 Å². The Labute approximate surface area is 135 Å². The van der Waals surface area contributed by atoms with Crippen LogP contribution in [0, 0.1) is 5.82 Å². The molecule has 0 spiro atoms. The second-order valence-electron chi connectivity index (χ2n) is 6.22. The second-order valence-corrected chi connectivity index (χ2v) is 6.78. The lowest BCUT2D eigenvalue weighted by Gasteiger charge is -2.41. The van der Waals surface area contributed by atoms with E-state index in [2.05, 4.69) is 25.7 Å². The van der Waals surface area contributed by atoms with Crippen LogP contribution < -0.4 is 4.90 Å². The van der Waals surface area contributed by atoms with Gasteiger partial charge in [-0.15, -0.1) is 0 Å². The second kappa shape index (κ2) is 7.10. The number of alkyl halides is 1. The first-order valence-corrected chi connectivity index (χ1v) is 9.23. The topological polar surface area (TPSA) is 6.48 Å². The number of piperidine rings is 2. The number of nitrogens with zero attached hydrogens (tertiary/aromatic N) is 2. The SMILES string of the molecule is Fc1ccc(N2CCC(N3CCCCC3)CC2)c(CBr)c1. The molecule has 0 aliphatic carbocycles. The maximum atomic E-state index is 13.4. The first kappa shape index (κ1) is 15.3. The standard InChI is InChI=1S/C17H24BrFN2/c18-13-14-12-15(19)4-5-17(14)21-10-6-16(7-11-21)20-8-2-1-3-9-20/h4-5,12,16H,1-3,6-11,13H2. The molecule has 0 atom stereocenters. The van der Waals surface area contributed by atoms with Gasteiger partial charge in [-0.05, 0) is 62.5 Å². The van der Waals surface area contributed by atoms with Gasteiger partial charge in [0.15, 0.2) is 0 Å². The van der Waals surface area contributed by atoms with Crippen LogP contribution in [0.4, 0.5) is 10.1 Å². The molecule has 116 valence electrons. The molecule has 4 heteroatoms. The lowest BCUT2D eigenvalue weighted by atomic mass is 9.99. The van der Waals surface area contributed by atoms with Crippen LogP contribution in [0.15, 0.2) is 18.2 Å². The van der Waals surface area contributed by atoms with E-state index >= 15 is 0 Å². The molecule has 2 aliphatic rings. The third-order valence-electron chi connectivity index (χ3n) is 4.90. The Hall–Kier alpha value is -0.610. The highest BCUT2D eigenvalue weighted by Crippen LogP contribution is 2.28. The molecule has 2 aliphatic heterocycles. The third-order valence-corrected chi connectivity index (χ3v) is 5.50. The van der Waals surface area contributed by atoms with Gasteiger partial charge in [0.25, 0.3) is 0 Å². The minimum absolute atomic E-state index is 0.142. The average molecular weight is 355 g/mol. The minimum Gasteiger partial charge on any atom is -0.371 e. The van der Waals surface area contributed by atoms with Gasteiger partial charge in [-0.2, -0.15) is 0 Å². The minimum atomic E-state index is -0.142. The fraction of sp³-hybridized carbons (Fsp3) is 0.647. The summed E-state index contributed by atoms with van der Waals surface area (Å²) < 4.78 is 13.4. The van der Waals surface area contributed by atoms with Gasteiger partial charge in [0.05, 0.1) is 0 Å². The van der Waals surface area contributed by atoms with Crippen molar-refractivity contribution in [3.8, 4) is 0 Å². The van der Waals surface area contributed by atoms with E-state index in [1.165, 1.54) is 50.9 Å². The fourth-order valence-electron chi connectivity index (χ4n) is 3.73. The van der Waals surface area contributed by atoms with Crippen molar-refractivity contribution in [3.63, 3.8) is 0 Å². The molecular formula is C17H24BrFN2. The van der Waals surface area contributed by atoms with Crippen LogP contribution in [0.25, 0.3) is 0 Å². The van der Waals surface area contributed by atoms with Gasteiger partial charge in [0.2, 0.25) is 0 Å². The van der Waals surface area contributed by atoms with Crippen LogP contribution in [0.2, 0.25) is 0 Å². The Morgan fingerprint density at radius 3 is 2.43 bits per heavy atom. The largest absolute Gasteiger partial charge is 0.371 e. The highest BCUT2D eigenvalue weighted by Gasteiger charge is 2.26. The van der Waals surface area contributed by atoms with E-state index in [0.29, 0.717) is 5.33 Å². The molecule has 2 nitrogen and oxygen atoms in total. The van der Waals surface area contributed by atoms with E-state index in [9.17, 15) is 4.39 Å². The summed E-state index contributed by atoms with van der Waals surface area (Å²) in [5, 5.41) is 0.714. The molecule has 0 N–H and O–H groups in total. The van der Waals surface area contributed by atoms with E-state index in [1.54, 1.807) is 12.1 Å². The zero-order valence-electron chi connectivity index (χ0n) is 12.5. The zero-order valence-corrected chi connectivity index (χ0v) is 14.1. The van der Waals surface area contributed by atoms with Crippen molar-refractivity contribution in [2.45, 2.75) is 43.5 Å². The van der Waals surface area contributed by atoms with Crippen molar-refractivity contribution in [1.82, 2.24) is 4.90 Å². The van der Waals surface area contributed by atoms with E-state index in [4.69, 9.17) is 0 Å². The molecule has 3 rings (SSSR count). The molecule has 0 amide bonds. The summed E-state index contributed by atoms with van der Waals surface area (Å²) >= 11 is 3.48. The summed E-state index contributed by atoms with van der Waals surface area (Å²) in [6, 6.07) is 5.93. The Bertz CT molecular complexity index is 466. The average Bonchev–Trinajstić information content (AvgIpc) is 2.56. The lowest BCUT2D eigenvalue weighted by molar-refractivity contribution is 0.141. The van der Waals surface area contributed by atoms with Gasteiger partial charge < -0.3 is 9.80 Å². The van der Waals surface area contributed by atoms with Crippen molar-refractivity contribution in [2.75, 3.05) is 31.1 Å². The maximum absolute atomic E-state index is 13.4. The number of halogens is 2. The first-order chi connectivity index (χ1) is 10.3. The molecule has 2 fully saturated rings. The lowest BCUT2D eigenvalue weighted by Crippen LogP contribution is -2.46. The predicted molar refractivity (Wildman–Crippen MR) is 89.7 cm³/mol. The number of hydrogen-bond acceptors (Lipinski definition) is 2. The van der Waals surface area contributed by atoms with Gasteiger partial charge in [-0.25, -0.2) is 4.39 Å². The van der Waals surface area contributed by atoms with Crippen LogP contribution in [0.3, 0.4) is 0 Å². The summed E-state index contributed by atoms with van der Waals surface area (Å²) in [4.78, 5) is 5.12. The summed E-state index contributed by atoms with van der Waals surface area (Å²) in [5.74, 6) is -0.142. The predicted octanol–water partition coefficient (Wildman–Crippen LogP) is 4.18. The van der Waals surface area contributed by atoms with Crippen molar-refractivity contribution >= 4 is 21.6 Å². The van der Waals surface area contributed by atoms with E-state index < -0.39 is 0 Å². The molecule has 2 heterocycles. The molecule has 0 unspecified atom stereocenters. The van der Waals surface area contributed by atoms with Gasteiger partial charge in [0, 0.05) is 30.1 Å². The van der Waals surface area contributed by atoms with Crippen LogP contribution in [-0.4, -0.2) is 37.1 Å². The molecular weight excluding hydrogens is 331 g/mol. The Balaban J connectivity index is 1.62. The quantitative estimate of drug-likeness (QED) is 0.751. The third kappa shape index (κ3) is 3.59. The van der Waals surface area contributed by atoms with Crippen LogP contribution >= 0.6 is 15.9 Å². The van der Waals surface area contributed by atoms with Gasteiger partial charge in [-0.3, -0.25) is 0 Å². The molecule has 1 aromatic rings. The van der Waals surface area contributed by atoms with Crippen LogP contribution in [0.1, 0.15) is 37.7 Å². The first-order valence-electron chi connectivity index (χ1n) is 8.11. The Morgan fingerprint density at radius 1 is 1.05 bits per heavy atom. The fourth-order valence-corrected chi connectivity index (χ4v) is 4.17. The number of anilines is 1. The number of benzene rings is 1. The summed E-state index contributed by atoms with van der Waals surface area (Å²) in [6.07, 6.45) is 6.61. The summed E-state index contributed by atoms with van der Waals surface area (Å²) in [5.41, 5.74) is 2.26. The van der Waals surface area contributed by atoms with Gasteiger partial charge in [0.1, 0.15) is 5.82 Å². The zero-order chi connectivity index (χ0) is 14.7. The van der Waals surface area contributed by atoms with Crippen molar-refractivity contribution in [1.29, 1.82) is 0 Å². The smallest absolute Gasteiger partial charge is 0.123 e. The van der Waals surface area contributed by atoms with E-state index in [1.807, 2.05) is 6.07 Å². The summed E-state index contributed by atoms with van der Waals surface area (Å²) in [6.45, 7) is 4.75. The highest BCUT2D eigenvalue weighted by molar-refractivity contribution is 9.08.